The Morgan fingerprint density at radius 2 is 1.32 bits per heavy atom. The number of Topliss-reactive ketones (excluding diaryl/α,β-unsaturated/α-hetero) is 1. The summed E-state index contributed by atoms with van der Waals surface area (Å²) < 4.78 is 12.1. The van der Waals surface area contributed by atoms with Gasteiger partial charge in [0, 0.05) is 11.8 Å². The van der Waals surface area contributed by atoms with Crippen LogP contribution in [0.1, 0.15) is 91.9 Å². The van der Waals surface area contributed by atoms with Crippen LogP contribution in [-0.4, -0.2) is 30.6 Å². The average molecular weight is 433 g/mol. The molecule has 4 nitrogen and oxygen atoms in total. The van der Waals surface area contributed by atoms with E-state index in [2.05, 4.69) is 27.7 Å². The Labute approximate surface area is 189 Å². The van der Waals surface area contributed by atoms with Gasteiger partial charge in [0.2, 0.25) is 0 Å². The Morgan fingerprint density at radius 1 is 0.742 bits per heavy atom. The minimum absolute atomic E-state index is 0.00452. The molecule has 4 aliphatic rings. The maximum absolute atomic E-state index is 13.3. The van der Waals surface area contributed by atoms with Gasteiger partial charge in [-0.15, -0.1) is 0 Å². The monoisotopic (exact) mass is 432 g/mol. The molecule has 0 aromatic heterocycles. The van der Waals surface area contributed by atoms with E-state index in [1.54, 1.807) is 0 Å². The third-order valence-electron chi connectivity index (χ3n) is 9.34. The molecule has 0 bridgehead atoms. The Hall–Kier alpha value is -0.900. The normalized spacial score (nSPS) is 40.8. The second-order valence-corrected chi connectivity index (χ2v) is 11.7. The summed E-state index contributed by atoms with van der Waals surface area (Å²) in [5.41, 5.74) is 0. The van der Waals surface area contributed by atoms with Crippen molar-refractivity contribution in [2.75, 3.05) is 6.61 Å². The standard InChI is InChI=1S/C27H44O4/c1-16(2)18-5-7-20(8-6-18)25(28)24-15-30-26-22(24)13-14-23(26)27(29)31-21-11-9-19(10-12-21)17(3)4/h16-24,26H,5-15H2,1-4H3. The van der Waals surface area contributed by atoms with Crippen molar-refractivity contribution in [1.82, 2.24) is 0 Å². The number of fused-ring (bicyclic) bond motifs is 1. The highest BCUT2D eigenvalue weighted by atomic mass is 16.5. The summed E-state index contributed by atoms with van der Waals surface area (Å²) in [7, 11) is 0. The fraction of sp³-hybridized carbons (Fsp3) is 0.926. The molecule has 4 heteroatoms. The summed E-state index contributed by atoms with van der Waals surface area (Å²) in [6.45, 7) is 9.70. The Kier molecular flexibility index (Phi) is 7.45. The molecule has 31 heavy (non-hydrogen) atoms. The van der Waals surface area contributed by atoms with E-state index in [4.69, 9.17) is 9.47 Å². The predicted molar refractivity (Wildman–Crippen MR) is 121 cm³/mol. The number of rotatable bonds is 6. The van der Waals surface area contributed by atoms with Gasteiger partial charge < -0.3 is 9.47 Å². The van der Waals surface area contributed by atoms with E-state index in [9.17, 15) is 9.59 Å². The highest BCUT2D eigenvalue weighted by Gasteiger charge is 2.52. The zero-order valence-corrected chi connectivity index (χ0v) is 20.2. The lowest BCUT2D eigenvalue weighted by molar-refractivity contribution is -0.159. The minimum atomic E-state index is -0.165. The molecule has 1 saturated heterocycles. The van der Waals surface area contributed by atoms with E-state index in [1.807, 2.05) is 0 Å². The van der Waals surface area contributed by atoms with Crippen LogP contribution in [0.25, 0.3) is 0 Å². The van der Waals surface area contributed by atoms with Crippen LogP contribution in [0.2, 0.25) is 0 Å². The number of ketones is 1. The molecule has 0 N–H and O–H groups in total. The maximum atomic E-state index is 13.3. The van der Waals surface area contributed by atoms with Crippen molar-refractivity contribution in [1.29, 1.82) is 0 Å². The van der Waals surface area contributed by atoms with Gasteiger partial charge in [-0.25, -0.2) is 0 Å². The summed E-state index contributed by atoms with van der Waals surface area (Å²) in [5.74, 6) is 3.62. The molecule has 4 atom stereocenters. The molecular weight excluding hydrogens is 388 g/mol. The predicted octanol–water partition coefficient (Wildman–Crippen LogP) is 5.82. The number of hydrogen-bond donors (Lipinski definition) is 0. The van der Waals surface area contributed by atoms with Crippen molar-refractivity contribution in [2.45, 2.75) is 104 Å². The smallest absolute Gasteiger partial charge is 0.311 e. The summed E-state index contributed by atoms with van der Waals surface area (Å²) in [5, 5.41) is 0. The van der Waals surface area contributed by atoms with E-state index in [0.717, 1.165) is 56.3 Å². The first-order valence-electron chi connectivity index (χ1n) is 13.2. The number of ether oxygens (including phenoxy) is 2. The van der Waals surface area contributed by atoms with Crippen LogP contribution in [-0.2, 0) is 19.1 Å². The molecule has 3 aliphatic carbocycles. The number of esters is 1. The first-order valence-corrected chi connectivity index (χ1v) is 13.2. The largest absolute Gasteiger partial charge is 0.462 e. The van der Waals surface area contributed by atoms with E-state index >= 15 is 0 Å². The van der Waals surface area contributed by atoms with Crippen molar-refractivity contribution in [3.05, 3.63) is 0 Å². The number of carbonyl (C=O) groups excluding carboxylic acids is 2. The van der Waals surface area contributed by atoms with Crippen LogP contribution in [0.15, 0.2) is 0 Å². The molecule has 0 aromatic rings. The van der Waals surface area contributed by atoms with E-state index in [0.29, 0.717) is 18.3 Å². The van der Waals surface area contributed by atoms with Gasteiger partial charge in [-0.2, -0.15) is 0 Å². The fourth-order valence-corrected chi connectivity index (χ4v) is 7.05. The number of carbonyl (C=O) groups is 2. The van der Waals surface area contributed by atoms with Gasteiger partial charge in [0.15, 0.2) is 0 Å². The van der Waals surface area contributed by atoms with Crippen LogP contribution in [0.4, 0.5) is 0 Å². The summed E-state index contributed by atoms with van der Waals surface area (Å²) in [4.78, 5) is 26.3. The van der Waals surface area contributed by atoms with E-state index < -0.39 is 0 Å². The third-order valence-corrected chi connectivity index (χ3v) is 9.34. The highest BCUT2D eigenvalue weighted by molar-refractivity contribution is 5.84. The van der Waals surface area contributed by atoms with Gasteiger partial charge in [0.25, 0.3) is 0 Å². The lowest BCUT2D eigenvalue weighted by Gasteiger charge is -2.32. The van der Waals surface area contributed by atoms with Crippen LogP contribution < -0.4 is 0 Å². The quantitative estimate of drug-likeness (QED) is 0.497. The van der Waals surface area contributed by atoms with Gasteiger partial charge >= 0.3 is 5.97 Å². The Bertz CT molecular complexity index is 625. The minimum Gasteiger partial charge on any atom is -0.462 e. The maximum Gasteiger partial charge on any atom is 0.311 e. The van der Waals surface area contributed by atoms with E-state index in [-0.39, 0.29) is 41.8 Å². The zero-order chi connectivity index (χ0) is 22.1. The fourth-order valence-electron chi connectivity index (χ4n) is 7.05. The van der Waals surface area contributed by atoms with Crippen LogP contribution in [0.3, 0.4) is 0 Å². The van der Waals surface area contributed by atoms with Crippen LogP contribution >= 0.6 is 0 Å². The molecule has 176 valence electrons. The molecule has 1 aliphatic heterocycles. The Morgan fingerprint density at radius 3 is 1.90 bits per heavy atom. The Balaban J connectivity index is 1.27. The average Bonchev–Trinajstić information content (AvgIpc) is 3.36. The van der Waals surface area contributed by atoms with Crippen LogP contribution in [0, 0.1) is 47.3 Å². The van der Waals surface area contributed by atoms with Gasteiger partial charge in [-0.05, 0) is 93.8 Å². The molecule has 4 unspecified atom stereocenters. The molecular formula is C27H44O4. The van der Waals surface area contributed by atoms with Gasteiger partial charge in [-0.3, -0.25) is 9.59 Å². The molecule has 0 aromatic carbocycles. The highest BCUT2D eigenvalue weighted by Crippen LogP contribution is 2.46. The first kappa shape index (κ1) is 23.3. The second kappa shape index (κ2) is 9.93. The van der Waals surface area contributed by atoms with Crippen molar-refractivity contribution in [3.8, 4) is 0 Å². The second-order valence-electron chi connectivity index (χ2n) is 11.7. The molecule has 1 heterocycles. The molecule has 0 amide bonds. The lowest BCUT2D eigenvalue weighted by atomic mass is 9.72. The SMILES string of the molecule is CC(C)C1CCC(OC(=O)C2CCC3C(C(=O)C4CCC(C(C)C)CC4)COC23)CC1. The van der Waals surface area contributed by atoms with Crippen molar-refractivity contribution in [2.24, 2.45) is 47.3 Å². The van der Waals surface area contributed by atoms with Gasteiger partial charge in [0.05, 0.1) is 18.6 Å². The summed E-state index contributed by atoms with van der Waals surface area (Å²) in [6, 6.07) is 0. The van der Waals surface area contributed by atoms with Crippen LogP contribution in [0.5, 0.6) is 0 Å². The van der Waals surface area contributed by atoms with E-state index in [1.165, 1.54) is 25.7 Å². The molecule has 4 fully saturated rings. The number of hydrogen-bond acceptors (Lipinski definition) is 4. The summed E-state index contributed by atoms with van der Waals surface area (Å²) >= 11 is 0. The van der Waals surface area contributed by atoms with Gasteiger partial charge in [-0.1, -0.05) is 27.7 Å². The van der Waals surface area contributed by atoms with Crippen molar-refractivity contribution < 1.29 is 19.1 Å². The first-order chi connectivity index (χ1) is 14.8. The topological polar surface area (TPSA) is 52.6 Å². The van der Waals surface area contributed by atoms with Gasteiger partial charge in [0.1, 0.15) is 11.9 Å². The zero-order valence-electron chi connectivity index (χ0n) is 20.2. The molecule has 0 radical (unpaired) electrons. The van der Waals surface area contributed by atoms with Crippen molar-refractivity contribution in [3.63, 3.8) is 0 Å². The molecule has 4 rings (SSSR count). The van der Waals surface area contributed by atoms with Crippen molar-refractivity contribution >= 4 is 11.8 Å². The molecule has 3 saturated carbocycles. The lowest BCUT2D eigenvalue weighted by Crippen LogP contribution is -2.34. The molecule has 0 spiro atoms. The third kappa shape index (κ3) is 5.04. The summed E-state index contributed by atoms with van der Waals surface area (Å²) in [6.07, 6.45) is 10.5.